The Balaban J connectivity index is 1.55. The van der Waals surface area contributed by atoms with E-state index in [2.05, 4.69) is 25.7 Å². The Morgan fingerprint density at radius 1 is 1.19 bits per heavy atom. The first-order valence-electron chi connectivity index (χ1n) is 9.87. The Hall–Kier alpha value is -1.30. The zero-order chi connectivity index (χ0) is 19.4. The van der Waals surface area contributed by atoms with Crippen molar-refractivity contribution in [1.82, 2.24) is 9.80 Å². The van der Waals surface area contributed by atoms with Gasteiger partial charge in [0.05, 0.1) is 18.2 Å². The van der Waals surface area contributed by atoms with Crippen molar-refractivity contribution >= 4 is 17.5 Å². The van der Waals surface area contributed by atoms with Gasteiger partial charge in [0.15, 0.2) is 0 Å². The summed E-state index contributed by atoms with van der Waals surface area (Å²) in [5.74, 6) is 0.673. The highest BCUT2D eigenvalue weighted by Crippen LogP contribution is 2.29. The van der Waals surface area contributed by atoms with Crippen LogP contribution >= 0.6 is 11.6 Å². The van der Waals surface area contributed by atoms with Gasteiger partial charge in [0, 0.05) is 38.3 Å². The SMILES string of the molecule is CC(C)(C)CN1CCC(Oc2ccc(C(=O)N3CCOCC3)cc2Cl)CC1. The second kappa shape index (κ2) is 8.80. The Morgan fingerprint density at radius 3 is 2.44 bits per heavy atom. The first-order chi connectivity index (χ1) is 12.8. The van der Waals surface area contributed by atoms with Gasteiger partial charge in [0.25, 0.3) is 5.91 Å². The number of benzene rings is 1. The van der Waals surface area contributed by atoms with Crippen LogP contribution in [0.4, 0.5) is 0 Å². The van der Waals surface area contributed by atoms with E-state index in [9.17, 15) is 4.79 Å². The predicted octanol–water partition coefficient (Wildman–Crippen LogP) is 3.70. The van der Waals surface area contributed by atoms with Crippen LogP contribution in [-0.2, 0) is 4.74 Å². The Bertz CT molecular complexity index is 645. The minimum absolute atomic E-state index is 0.00207. The average molecular weight is 395 g/mol. The number of rotatable bonds is 4. The number of carbonyl (C=O) groups excluding carboxylic acids is 1. The molecule has 0 N–H and O–H groups in total. The first kappa shape index (κ1) is 20.4. The second-order valence-corrected chi connectivity index (χ2v) is 9.11. The van der Waals surface area contributed by atoms with Crippen LogP contribution in [0.5, 0.6) is 5.75 Å². The Morgan fingerprint density at radius 2 is 1.85 bits per heavy atom. The van der Waals surface area contributed by atoms with Gasteiger partial charge in [-0.05, 0) is 36.5 Å². The number of likely N-dealkylation sites (tertiary alicyclic amines) is 1. The highest BCUT2D eigenvalue weighted by atomic mass is 35.5. The molecule has 0 spiro atoms. The molecule has 0 atom stereocenters. The maximum Gasteiger partial charge on any atom is 0.254 e. The van der Waals surface area contributed by atoms with Gasteiger partial charge in [0.2, 0.25) is 0 Å². The topological polar surface area (TPSA) is 42.0 Å². The lowest BCUT2D eigenvalue weighted by atomic mass is 9.94. The van der Waals surface area contributed by atoms with Gasteiger partial charge in [0.1, 0.15) is 11.9 Å². The number of halogens is 1. The van der Waals surface area contributed by atoms with Crippen molar-refractivity contribution in [2.45, 2.75) is 39.7 Å². The zero-order valence-corrected chi connectivity index (χ0v) is 17.4. The van der Waals surface area contributed by atoms with Crippen LogP contribution in [0.1, 0.15) is 44.0 Å². The number of nitrogens with zero attached hydrogens (tertiary/aromatic N) is 2. The minimum atomic E-state index is 0.00207. The van der Waals surface area contributed by atoms with E-state index in [1.165, 1.54) is 0 Å². The lowest BCUT2D eigenvalue weighted by molar-refractivity contribution is 0.0303. The molecule has 2 aliphatic heterocycles. The van der Waals surface area contributed by atoms with Crippen LogP contribution in [0.3, 0.4) is 0 Å². The van der Waals surface area contributed by atoms with Gasteiger partial charge >= 0.3 is 0 Å². The third-order valence-corrected chi connectivity index (χ3v) is 5.30. The normalized spacial score (nSPS) is 19.9. The Kier molecular flexibility index (Phi) is 6.66. The fourth-order valence-corrected chi connectivity index (χ4v) is 3.94. The van der Waals surface area contributed by atoms with Crippen LogP contribution in [0.2, 0.25) is 5.02 Å². The molecule has 27 heavy (non-hydrogen) atoms. The lowest BCUT2D eigenvalue weighted by Crippen LogP contribution is -2.42. The van der Waals surface area contributed by atoms with Gasteiger partial charge < -0.3 is 19.3 Å². The summed E-state index contributed by atoms with van der Waals surface area (Å²) >= 11 is 6.42. The maximum absolute atomic E-state index is 12.6. The standard InChI is InChI=1S/C21H31ClN2O3/c1-21(2,3)15-23-8-6-17(7-9-23)27-19-5-4-16(14-18(19)22)20(25)24-10-12-26-13-11-24/h4-5,14,17H,6-13,15H2,1-3H3. The van der Waals surface area contributed by atoms with Crippen LogP contribution in [0.15, 0.2) is 18.2 Å². The summed E-state index contributed by atoms with van der Waals surface area (Å²) in [7, 11) is 0. The number of morpholine rings is 1. The molecule has 0 aliphatic carbocycles. The first-order valence-corrected chi connectivity index (χ1v) is 10.3. The quantitative estimate of drug-likeness (QED) is 0.780. The van der Waals surface area contributed by atoms with E-state index in [4.69, 9.17) is 21.1 Å². The van der Waals surface area contributed by atoms with Crippen LogP contribution in [-0.4, -0.2) is 67.7 Å². The summed E-state index contributed by atoms with van der Waals surface area (Å²) in [5, 5.41) is 0.506. The largest absolute Gasteiger partial charge is 0.489 e. The van der Waals surface area contributed by atoms with Crippen molar-refractivity contribution < 1.29 is 14.3 Å². The van der Waals surface area contributed by atoms with Gasteiger partial charge in [-0.3, -0.25) is 4.79 Å². The summed E-state index contributed by atoms with van der Waals surface area (Å²) in [6, 6.07) is 5.37. The number of carbonyl (C=O) groups is 1. The molecule has 0 saturated carbocycles. The van der Waals surface area contributed by atoms with Crippen molar-refractivity contribution in [3.8, 4) is 5.75 Å². The molecule has 1 amide bonds. The average Bonchev–Trinajstić information content (AvgIpc) is 2.64. The number of amides is 1. The molecule has 0 bridgehead atoms. The van der Waals surface area contributed by atoms with E-state index < -0.39 is 0 Å². The van der Waals surface area contributed by atoms with E-state index in [-0.39, 0.29) is 12.0 Å². The third-order valence-electron chi connectivity index (χ3n) is 5.00. The predicted molar refractivity (Wildman–Crippen MR) is 108 cm³/mol. The fraction of sp³-hybridized carbons (Fsp3) is 0.667. The van der Waals surface area contributed by atoms with Crippen molar-refractivity contribution in [2.24, 2.45) is 5.41 Å². The second-order valence-electron chi connectivity index (χ2n) is 8.70. The molecule has 1 aromatic rings. The van der Waals surface area contributed by atoms with Crippen LogP contribution in [0.25, 0.3) is 0 Å². The molecule has 2 saturated heterocycles. The number of ether oxygens (including phenoxy) is 2. The van der Waals surface area contributed by atoms with Crippen molar-refractivity contribution in [1.29, 1.82) is 0 Å². The van der Waals surface area contributed by atoms with Gasteiger partial charge in [-0.15, -0.1) is 0 Å². The van der Waals surface area contributed by atoms with E-state index >= 15 is 0 Å². The molecular weight excluding hydrogens is 364 g/mol. The lowest BCUT2D eigenvalue weighted by Gasteiger charge is -2.36. The summed E-state index contributed by atoms with van der Waals surface area (Å²) < 4.78 is 11.4. The third kappa shape index (κ3) is 5.84. The van der Waals surface area contributed by atoms with Crippen molar-refractivity contribution in [3.05, 3.63) is 28.8 Å². The molecule has 5 nitrogen and oxygen atoms in total. The van der Waals surface area contributed by atoms with Crippen molar-refractivity contribution in [2.75, 3.05) is 45.9 Å². The molecule has 0 radical (unpaired) electrons. The molecule has 6 heteroatoms. The number of hydrogen-bond donors (Lipinski definition) is 0. The molecule has 0 aromatic heterocycles. The molecular formula is C21H31ClN2O3. The molecule has 2 heterocycles. The summed E-state index contributed by atoms with van der Waals surface area (Å²) in [6.07, 6.45) is 2.18. The minimum Gasteiger partial charge on any atom is -0.489 e. The van der Waals surface area contributed by atoms with Gasteiger partial charge in [-0.2, -0.15) is 0 Å². The maximum atomic E-state index is 12.6. The van der Waals surface area contributed by atoms with E-state index in [0.717, 1.165) is 32.5 Å². The highest BCUT2D eigenvalue weighted by Gasteiger charge is 2.25. The molecule has 2 fully saturated rings. The number of hydrogen-bond acceptors (Lipinski definition) is 4. The Labute approximate surface area is 167 Å². The molecule has 1 aromatic carbocycles. The molecule has 0 unspecified atom stereocenters. The van der Waals surface area contributed by atoms with Gasteiger partial charge in [-0.25, -0.2) is 0 Å². The van der Waals surface area contributed by atoms with E-state index in [1.54, 1.807) is 11.0 Å². The van der Waals surface area contributed by atoms with Crippen LogP contribution in [0, 0.1) is 5.41 Å². The van der Waals surface area contributed by atoms with Crippen molar-refractivity contribution in [3.63, 3.8) is 0 Å². The fourth-order valence-electron chi connectivity index (χ4n) is 3.71. The number of piperidine rings is 1. The highest BCUT2D eigenvalue weighted by molar-refractivity contribution is 6.32. The van der Waals surface area contributed by atoms with E-state index in [1.807, 2.05) is 12.1 Å². The molecule has 3 rings (SSSR count). The van der Waals surface area contributed by atoms with E-state index in [0.29, 0.717) is 48.1 Å². The van der Waals surface area contributed by atoms with Crippen LogP contribution < -0.4 is 4.74 Å². The van der Waals surface area contributed by atoms with Gasteiger partial charge in [-0.1, -0.05) is 32.4 Å². The summed E-state index contributed by atoms with van der Waals surface area (Å²) in [6.45, 7) is 12.5. The summed E-state index contributed by atoms with van der Waals surface area (Å²) in [5.41, 5.74) is 0.925. The smallest absolute Gasteiger partial charge is 0.254 e. The summed E-state index contributed by atoms with van der Waals surface area (Å²) in [4.78, 5) is 16.9. The molecule has 150 valence electrons. The molecule has 2 aliphatic rings. The zero-order valence-electron chi connectivity index (χ0n) is 16.7. The monoisotopic (exact) mass is 394 g/mol.